The van der Waals surface area contributed by atoms with Crippen LogP contribution < -0.4 is 16.4 Å². The highest BCUT2D eigenvalue weighted by molar-refractivity contribution is 7.80. The van der Waals surface area contributed by atoms with Crippen LogP contribution in [0, 0.1) is 11.8 Å². The molecule has 1 heterocycles. The Balaban J connectivity index is 2.93. The van der Waals surface area contributed by atoms with E-state index in [9.17, 15) is 24.3 Å². The third kappa shape index (κ3) is 7.16. The Bertz CT molecular complexity index is 630. The van der Waals surface area contributed by atoms with Crippen LogP contribution >= 0.6 is 12.6 Å². The minimum absolute atomic E-state index is 0.0807. The van der Waals surface area contributed by atoms with E-state index in [0.717, 1.165) is 0 Å². The van der Waals surface area contributed by atoms with Gasteiger partial charge in [0.05, 0.1) is 6.04 Å². The van der Waals surface area contributed by atoms with Gasteiger partial charge in [-0.1, -0.05) is 34.1 Å². The minimum atomic E-state index is -1.11. The Morgan fingerprint density at radius 3 is 2.33 bits per heavy atom. The number of likely N-dealkylation sites (tertiary alicyclic amines) is 1. The first-order valence-corrected chi connectivity index (χ1v) is 11.2. The molecule has 9 nitrogen and oxygen atoms in total. The van der Waals surface area contributed by atoms with Crippen molar-refractivity contribution in [2.24, 2.45) is 17.6 Å². The van der Waals surface area contributed by atoms with Crippen molar-refractivity contribution in [2.75, 3.05) is 12.3 Å². The van der Waals surface area contributed by atoms with E-state index in [1.54, 1.807) is 0 Å². The summed E-state index contributed by atoms with van der Waals surface area (Å²) < 4.78 is 0. The number of amides is 3. The van der Waals surface area contributed by atoms with Crippen LogP contribution in [-0.2, 0) is 19.2 Å². The lowest BCUT2D eigenvalue weighted by atomic mass is 9.96. The van der Waals surface area contributed by atoms with Crippen molar-refractivity contribution < 1.29 is 24.3 Å². The molecule has 1 fully saturated rings. The summed E-state index contributed by atoms with van der Waals surface area (Å²) in [5, 5.41) is 14.7. The minimum Gasteiger partial charge on any atom is -0.480 e. The van der Waals surface area contributed by atoms with Crippen LogP contribution in [0.5, 0.6) is 0 Å². The van der Waals surface area contributed by atoms with Crippen LogP contribution in [0.2, 0.25) is 0 Å². The van der Waals surface area contributed by atoms with Gasteiger partial charge in [0.15, 0.2) is 0 Å². The fourth-order valence-corrected chi connectivity index (χ4v) is 3.66. The maximum absolute atomic E-state index is 12.9. The number of nitrogens with one attached hydrogen (secondary N) is 2. The number of thiol groups is 1. The molecular weight excluding hydrogens is 408 g/mol. The normalized spacial score (nSPS) is 20.4. The van der Waals surface area contributed by atoms with E-state index in [4.69, 9.17) is 5.73 Å². The predicted molar refractivity (Wildman–Crippen MR) is 117 cm³/mol. The largest absolute Gasteiger partial charge is 0.480 e. The van der Waals surface area contributed by atoms with Gasteiger partial charge in [0, 0.05) is 12.3 Å². The lowest BCUT2D eigenvalue weighted by Gasteiger charge is -2.30. The van der Waals surface area contributed by atoms with Crippen molar-refractivity contribution >= 4 is 36.3 Å². The third-order valence-electron chi connectivity index (χ3n) is 5.47. The highest BCUT2D eigenvalue weighted by atomic mass is 32.1. The Labute approximate surface area is 183 Å². The van der Waals surface area contributed by atoms with Gasteiger partial charge in [-0.2, -0.15) is 12.6 Å². The van der Waals surface area contributed by atoms with Crippen LogP contribution in [-0.4, -0.2) is 70.2 Å². The van der Waals surface area contributed by atoms with Crippen LogP contribution in [0.15, 0.2) is 0 Å². The number of hydrogen-bond acceptors (Lipinski definition) is 6. The van der Waals surface area contributed by atoms with Crippen molar-refractivity contribution in [1.82, 2.24) is 15.5 Å². The summed E-state index contributed by atoms with van der Waals surface area (Å²) in [6, 6.07) is -3.41. The van der Waals surface area contributed by atoms with Gasteiger partial charge in [0.25, 0.3) is 0 Å². The van der Waals surface area contributed by atoms with Crippen molar-refractivity contribution in [3.05, 3.63) is 0 Å². The molecule has 0 aromatic carbocycles. The lowest BCUT2D eigenvalue weighted by molar-refractivity contribution is -0.143. The highest BCUT2D eigenvalue weighted by Crippen LogP contribution is 2.20. The predicted octanol–water partition coefficient (Wildman–Crippen LogP) is 0.381. The van der Waals surface area contributed by atoms with Crippen molar-refractivity contribution in [3.63, 3.8) is 0 Å². The summed E-state index contributed by atoms with van der Waals surface area (Å²) in [5.74, 6) is -2.37. The number of aliphatic carboxylic acids is 1. The number of carbonyl (C=O) groups is 4. The van der Waals surface area contributed by atoms with Gasteiger partial charge in [-0.3, -0.25) is 14.4 Å². The molecule has 5 N–H and O–H groups in total. The van der Waals surface area contributed by atoms with Gasteiger partial charge in [-0.25, -0.2) is 4.79 Å². The number of hydrogen-bond donors (Lipinski definition) is 5. The monoisotopic (exact) mass is 444 g/mol. The fourth-order valence-electron chi connectivity index (χ4n) is 3.50. The number of carboxylic acid groups (broad SMARTS) is 1. The molecule has 172 valence electrons. The number of nitrogens with two attached hydrogens (primary N) is 1. The first kappa shape index (κ1) is 26.2. The summed E-state index contributed by atoms with van der Waals surface area (Å²) in [6.07, 6.45) is 2.04. The molecule has 0 aliphatic carbocycles. The molecule has 0 bridgehead atoms. The molecule has 30 heavy (non-hydrogen) atoms. The maximum atomic E-state index is 12.9. The van der Waals surface area contributed by atoms with E-state index < -0.39 is 42.0 Å². The lowest BCUT2D eigenvalue weighted by Crippen LogP contribution is -2.58. The first-order chi connectivity index (χ1) is 14.0. The molecule has 10 heteroatoms. The maximum Gasteiger partial charge on any atom is 0.326 e. The molecular formula is C20H36N4O5S. The zero-order chi connectivity index (χ0) is 23.0. The standard InChI is InChI=1S/C20H36N4O5S/c1-5-12(4)16(18(26)22-14(20(28)29)9-11(2)3)23-17(25)15-7-6-8-24(15)19(27)13(21)10-30/h11-16,30H,5-10,21H2,1-4H3,(H,22,26)(H,23,25)(H,28,29). The molecule has 0 aromatic heterocycles. The van der Waals surface area contributed by atoms with Gasteiger partial charge in [-0.05, 0) is 31.1 Å². The molecule has 3 amide bonds. The topological polar surface area (TPSA) is 142 Å². The Hall–Kier alpha value is -1.81. The van der Waals surface area contributed by atoms with E-state index in [0.29, 0.717) is 25.8 Å². The van der Waals surface area contributed by atoms with Crippen molar-refractivity contribution in [1.29, 1.82) is 0 Å². The second-order valence-electron chi connectivity index (χ2n) is 8.38. The average molecular weight is 445 g/mol. The second-order valence-corrected chi connectivity index (χ2v) is 8.74. The molecule has 1 aliphatic heterocycles. The van der Waals surface area contributed by atoms with Gasteiger partial charge in [0.1, 0.15) is 18.1 Å². The number of nitrogens with zero attached hydrogens (tertiary/aromatic N) is 1. The number of carboxylic acids is 1. The summed E-state index contributed by atoms with van der Waals surface area (Å²) in [4.78, 5) is 51.2. The fraction of sp³-hybridized carbons (Fsp3) is 0.800. The first-order valence-electron chi connectivity index (χ1n) is 10.5. The summed E-state index contributed by atoms with van der Waals surface area (Å²) in [7, 11) is 0. The Morgan fingerprint density at radius 2 is 1.83 bits per heavy atom. The average Bonchev–Trinajstić information content (AvgIpc) is 3.18. The number of rotatable bonds is 11. The molecule has 0 saturated carbocycles. The zero-order valence-electron chi connectivity index (χ0n) is 18.3. The summed E-state index contributed by atoms with van der Waals surface area (Å²) in [5.41, 5.74) is 5.78. The highest BCUT2D eigenvalue weighted by Gasteiger charge is 2.38. The molecule has 1 aliphatic rings. The summed E-state index contributed by atoms with van der Waals surface area (Å²) in [6.45, 7) is 7.87. The molecule has 0 radical (unpaired) electrons. The van der Waals surface area contributed by atoms with Crippen LogP contribution in [0.4, 0.5) is 0 Å². The molecule has 0 spiro atoms. The van der Waals surface area contributed by atoms with Crippen LogP contribution in [0.1, 0.15) is 53.4 Å². The quantitative estimate of drug-likeness (QED) is 0.292. The van der Waals surface area contributed by atoms with Gasteiger partial charge in [-0.15, -0.1) is 0 Å². The third-order valence-corrected chi connectivity index (χ3v) is 5.86. The number of carbonyl (C=O) groups excluding carboxylic acids is 3. The molecule has 1 rings (SSSR count). The van der Waals surface area contributed by atoms with Gasteiger partial charge in [0.2, 0.25) is 17.7 Å². The molecule has 5 atom stereocenters. The van der Waals surface area contributed by atoms with Crippen molar-refractivity contribution in [3.8, 4) is 0 Å². The van der Waals surface area contributed by atoms with E-state index in [2.05, 4.69) is 23.3 Å². The smallest absolute Gasteiger partial charge is 0.326 e. The Kier molecular flexibility index (Phi) is 10.6. The molecule has 5 unspecified atom stereocenters. The van der Waals surface area contributed by atoms with E-state index in [-0.39, 0.29) is 29.9 Å². The summed E-state index contributed by atoms with van der Waals surface area (Å²) >= 11 is 4.05. The molecule has 1 saturated heterocycles. The molecule has 0 aromatic rings. The van der Waals surface area contributed by atoms with Crippen LogP contribution in [0.3, 0.4) is 0 Å². The van der Waals surface area contributed by atoms with Gasteiger partial charge >= 0.3 is 5.97 Å². The van der Waals surface area contributed by atoms with Gasteiger partial charge < -0.3 is 26.4 Å². The Morgan fingerprint density at radius 1 is 1.20 bits per heavy atom. The van der Waals surface area contributed by atoms with E-state index >= 15 is 0 Å². The van der Waals surface area contributed by atoms with Crippen LogP contribution in [0.25, 0.3) is 0 Å². The zero-order valence-corrected chi connectivity index (χ0v) is 19.2. The van der Waals surface area contributed by atoms with E-state index in [1.165, 1.54) is 4.90 Å². The SMILES string of the molecule is CCC(C)C(NC(=O)C1CCCN1C(=O)C(N)CS)C(=O)NC(CC(C)C)C(=O)O. The van der Waals surface area contributed by atoms with Crippen molar-refractivity contribution in [2.45, 2.75) is 77.5 Å². The van der Waals surface area contributed by atoms with E-state index in [1.807, 2.05) is 27.7 Å². The second kappa shape index (κ2) is 12.1.